The summed E-state index contributed by atoms with van der Waals surface area (Å²) in [5.74, 6) is -1.12. The maximum Gasteiger partial charge on any atom is 0.272 e. The number of rotatable bonds is 4. The van der Waals surface area contributed by atoms with Crippen LogP contribution in [0.2, 0.25) is 5.02 Å². The molecule has 0 spiro atoms. The van der Waals surface area contributed by atoms with Gasteiger partial charge in [0.1, 0.15) is 11.5 Å². The van der Waals surface area contributed by atoms with Crippen molar-refractivity contribution < 1.29 is 14.3 Å². The van der Waals surface area contributed by atoms with Crippen molar-refractivity contribution in [2.45, 2.75) is 6.04 Å². The summed E-state index contributed by atoms with van der Waals surface area (Å²) in [6.07, 6.45) is 4.12. The van der Waals surface area contributed by atoms with E-state index in [2.05, 4.69) is 15.3 Å². The van der Waals surface area contributed by atoms with E-state index in [4.69, 9.17) is 11.6 Å². The number of nitrogens with one attached hydrogen (secondary N) is 1. The van der Waals surface area contributed by atoms with Crippen LogP contribution >= 0.6 is 11.6 Å². The molecule has 0 saturated heterocycles. The zero-order valence-electron chi connectivity index (χ0n) is 10.3. The fraction of sp³-hybridized carbons (Fsp3) is 0.154. The van der Waals surface area contributed by atoms with Gasteiger partial charge in [0.25, 0.3) is 5.91 Å². The number of carbonyl (C=O) groups excluding carboxylic acids is 1. The second kappa shape index (κ2) is 6.40. The van der Waals surface area contributed by atoms with E-state index in [0.717, 1.165) is 0 Å². The monoisotopic (exact) mass is 295 g/mol. The summed E-state index contributed by atoms with van der Waals surface area (Å²) in [5, 5.41) is 11.9. The lowest BCUT2D eigenvalue weighted by atomic mass is 10.1. The van der Waals surface area contributed by atoms with E-state index < -0.39 is 17.8 Å². The summed E-state index contributed by atoms with van der Waals surface area (Å²) < 4.78 is 13.4. The topological polar surface area (TPSA) is 75.1 Å². The van der Waals surface area contributed by atoms with Crippen LogP contribution in [0.5, 0.6) is 0 Å². The van der Waals surface area contributed by atoms with Gasteiger partial charge in [-0.15, -0.1) is 0 Å². The third-order valence-electron chi connectivity index (χ3n) is 2.63. The van der Waals surface area contributed by atoms with Crippen LogP contribution in [-0.4, -0.2) is 27.6 Å². The van der Waals surface area contributed by atoms with Crippen molar-refractivity contribution in [3.8, 4) is 0 Å². The van der Waals surface area contributed by atoms with Gasteiger partial charge in [-0.1, -0.05) is 17.7 Å². The fourth-order valence-electron chi connectivity index (χ4n) is 1.61. The second-order valence-corrected chi connectivity index (χ2v) is 4.38. The first-order chi connectivity index (χ1) is 9.61. The number of nitrogens with zero attached hydrogens (tertiary/aromatic N) is 2. The molecular formula is C13H11ClFN3O2. The van der Waals surface area contributed by atoms with Gasteiger partial charge in [-0.2, -0.15) is 0 Å². The van der Waals surface area contributed by atoms with Gasteiger partial charge < -0.3 is 10.4 Å². The second-order valence-electron chi connectivity index (χ2n) is 3.97. The van der Waals surface area contributed by atoms with Crippen LogP contribution in [0, 0.1) is 5.82 Å². The molecule has 1 aromatic heterocycles. The number of hydrogen-bond acceptors (Lipinski definition) is 4. The molecule has 2 rings (SSSR count). The smallest absolute Gasteiger partial charge is 0.272 e. The maximum absolute atomic E-state index is 13.4. The van der Waals surface area contributed by atoms with Crippen molar-refractivity contribution in [2.75, 3.05) is 6.61 Å². The number of halogens is 2. The van der Waals surface area contributed by atoms with Gasteiger partial charge in [-0.05, 0) is 17.7 Å². The van der Waals surface area contributed by atoms with Crippen molar-refractivity contribution in [1.82, 2.24) is 15.3 Å². The van der Waals surface area contributed by atoms with Gasteiger partial charge in [0.2, 0.25) is 0 Å². The number of aliphatic hydroxyl groups is 1. The quantitative estimate of drug-likeness (QED) is 0.901. The first kappa shape index (κ1) is 14.4. The highest BCUT2D eigenvalue weighted by Gasteiger charge is 2.17. The minimum Gasteiger partial charge on any atom is -0.394 e. The fourth-order valence-corrected chi connectivity index (χ4v) is 1.73. The number of aliphatic hydroxyl groups excluding tert-OH is 1. The molecule has 2 N–H and O–H groups in total. The molecule has 0 aliphatic rings. The van der Waals surface area contributed by atoms with Crippen LogP contribution in [0.1, 0.15) is 22.1 Å². The molecule has 1 unspecified atom stereocenters. The number of benzene rings is 1. The lowest BCUT2D eigenvalue weighted by molar-refractivity contribution is 0.0910. The molecular weight excluding hydrogens is 285 g/mol. The van der Waals surface area contributed by atoms with Gasteiger partial charge in [-0.25, -0.2) is 9.37 Å². The van der Waals surface area contributed by atoms with Gasteiger partial charge in [-0.3, -0.25) is 9.78 Å². The Morgan fingerprint density at radius 3 is 2.85 bits per heavy atom. The standard InChI is InChI=1S/C13H11ClFN3O2/c14-9-2-1-8(5-10(9)15)12(7-19)18-13(20)11-6-16-3-4-17-11/h1-6,12,19H,7H2,(H,18,20). The highest BCUT2D eigenvalue weighted by molar-refractivity contribution is 6.30. The maximum atomic E-state index is 13.4. The van der Waals surface area contributed by atoms with Crippen LogP contribution in [0.25, 0.3) is 0 Å². The van der Waals surface area contributed by atoms with E-state index in [0.29, 0.717) is 5.56 Å². The van der Waals surface area contributed by atoms with E-state index in [1.54, 1.807) is 0 Å². The summed E-state index contributed by atoms with van der Waals surface area (Å²) in [4.78, 5) is 19.5. The van der Waals surface area contributed by atoms with Gasteiger partial charge in [0.05, 0.1) is 23.9 Å². The molecule has 0 aliphatic heterocycles. The zero-order valence-corrected chi connectivity index (χ0v) is 11.0. The van der Waals surface area contributed by atoms with Crippen molar-refractivity contribution in [2.24, 2.45) is 0 Å². The molecule has 0 saturated carbocycles. The predicted molar refractivity (Wildman–Crippen MR) is 70.7 cm³/mol. The lowest BCUT2D eigenvalue weighted by Crippen LogP contribution is -2.31. The van der Waals surface area contributed by atoms with Crippen molar-refractivity contribution in [1.29, 1.82) is 0 Å². The summed E-state index contributed by atoms with van der Waals surface area (Å²) in [6.45, 7) is -0.382. The van der Waals surface area contributed by atoms with Crippen molar-refractivity contribution in [3.05, 3.63) is 58.9 Å². The third kappa shape index (κ3) is 3.28. The number of amides is 1. The average Bonchev–Trinajstić information content (AvgIpc) is 2.48. The SMILES string of the molecule is O=C(NC(CO)c1ccc(Cl)c(F)c1)c1cnccn1. The molecule has 1 aromatic carbocycles. The van der Waals surface area contributed by atoms with Crippen LogP contribution in [0.15, 0.2) is 36.8 Å². The molecule has 0 aliphatic carbocycles. The third-order valence-corrected chi connectivity index (χ3v) is 2.94. The number of aromatic nitrogens is 2. The average molecular weight is 296 g/mol. The summed E-state index contributed by atoms with van der Waals surface area (Å²) >= 11 is 5.59. The van der Waals surface area contributed by atoms with E-state index in [-0.39, 0.29) is 17.3 Å². The first-order valence-corrected chi connectivity index (χ1v) is 6.12. The highest BCUT2D eigenvalue weighted by atomic mass is 35.5. The van der Waals surface area contributed by atoms with E-state index in [1.807, 2.05) is 0 Å². The largest absolute Gasteiger partial charge is 0.394 e. The minimum atomic E-state index is -0.753. The van der Waals surface area contributed by atoms with Gasteiger partial charge in [0, 0.05) is 12.4 Å². The Bertz CT molecular complexity index is 610. The normalized spacial score (nSPS) is 11.9. The molecule has 5 nitrogen and oxygen atoms in total. The molecule has 0 bridgehead atoms. The Hall–Kier alpha value is -2.05. The van der Waals surface area contributed by atoms with Crippen molar-refractivity contribution in [3.63, 3.8) is 0 Å². The van der Waals surface area contributed by atoms with Gasteiger partial charge >= 0.3 is 0 Å². The van der Waals surface area contributed by atoms with Crippen LogP contribution < -0.4 is 5.32 Å². The molecule has 1 atom stereocenters. The van der Waals surface area contributed by atoms with Crippen LogP contribution in [-0.2, 0) is 0 Å². The molecule has 20 heavy (non-hydrogen) atoms. The molecule has 7 heteroatoms. The van der Waals surface area contributed by atoms with Crippen LogP contribution in [0.4, 0.5) is 4.39 Å². The molecule has 1 amide bonds. The Labute approximate surface area is 119 Å². The molecule has 0 fully saturated rings. The Morgan fingerprint density at radius 1 is 1.45 bits per heavy atom. The lowest BCUT2D eigenvalue weighted by Gasteiger charge is -2.16. The summed E-state index contributed by atoms with van der Waals surface area (Å²) in [7, 11) is 0. The first-order valence-electron chi connectivity index (χ1n) is 5.74. The van der Waals surface area contributed by atoms with Crippen molar-refractivity contribution >= 4 is 17.5 Å². The van der Waals surface area contributed by atoms with E-state index in [1.165, 1.54) is 36.8 Å². The predicted octanol–water partition coefficient (Wildman–Crippen LogP) is 1.73. The summed E-state index contributed by atoms with van der Waals surface area (Å²) in [5.41, 5.74) is 0.520. The number of carbonyl (C=O) groups is 1. The molecule has 2 aromatic rings. The Kier molecular flexibility index (Phi) is 4.60. The van der Waals surface area contributed by atoms with E-state index >= 15 is 0 Å². The molecule has 0 radical (unpaired) electrons. The highest BCUT2D eigenvalue weighted by Crippen LogP contribution is 2.20. The number of hydrogen-bond donors (Lipinski definition) is 2. The minimum absolute atomic E-state index is 0.0225. The van der Waals surface area contributed by atoms with Gasteiger partial charge in [0.15, 0.2) is 0 Å². The Morgan fingerprint density at radius 2 is 2.25 bits per heavy atom. The molecule has 1 heterocycles. The Balaban J connectivity index is 2.16. The van der Waals surface area contributed by atoms with Crippen LogP contribution in [0.3, 0.4) is 0 Å². The summed E-state index contributed by atoms with van der Waals surface area (Å²) in [6, 6.07) is 3.31. The molecule has 104 valence electrons. The zero-order chi connectivity index (χ0) is 14.5. The van der Waals surface area contributed by atoms with E-state index in [9.17, 15) is 14.3 Å².